The van der Waals surface area contributed by atoms with Crippen molar-refractivity contribution in [2.24, 2.45) is 5.92 Å². The molecule has 3 atom stereocenters. The lowest BCUT2D eigenvalue weighted by atomic mass is 9.86. The van der Waals surface area contributed by atoms with Gasteiger partial charge in [-0.3, -0.25) is 4.79 Å². The molecule has 1 amide bonds. The fraction of sp³-hybridized carbons (Fsp3) is 0.500. The zero-order valence-corrected chi connectivity index (χ0v) is 12.7. The van der Waals surface area contributed by atoms with Crippen LogP contribution >= 0.6 is 0 Å². The summed E-state index contributed by atoms with van der Waals surface area (Å²) in [6, 6.07) is 9.71. The maximum atomic E-state index is 12.8. The summed E-state index contributed by atoms with van der Waals surface area (Å²) < 4.78 is 0. The number of hydrogen-bond donors (Lipinski definition) is 1. The van der Waals surface area contributed by atoms with Gasteiger partial charge in [-0.15, -0.1) is 6.58 Å². The second-order valence-electron chi connectivity index (χ2n) is 5.72. The van der Waals surface area contributed by atoms with Crippen molar-refractivity contribution in [2.75, 3.05) is 6.61 Å². The molecule has 0 saturated carbocycles. The molecule has 0 aromatic heterocycles. The third kappa shape index (κ3) is 3.35. The lowest BCUT2D eigenvalue weighted by Gasteiger charge is -2.43. The highest BCUT2D eigenvalue weighted by molar-refractivity contribution is 5.80. The average molecular weight is 287 g/mol. The third-order valence-corrected chi connectivity index (χ3v) is 4.47. The Balaban J connectivity index is 2.32. The Morgan fingerprint density at radius 1 is 1.38 bits per heavy atom. The van der Waals surface area contributed by atoms with Crippen LogP contribution in [0.4, 0.5) is 0 Å². The Morgan fingerprint density at radius 3 is 2.67 bits per heavy atom. The molecule has 1 aliphatic rings. The number of hydrogen-bond acceptors (Lipinski definition) is 2. The largest absolute Gasteiger partial charge is 0.394 e. The molecule has 3 nitrogen and oxygen atoms in total. The van der Waals surface area contributed by atoms with Gasteiger partial charge in [0.05, 0.1) is 12.6 Å². The van der Waals surface area contributed by atoms with E-state index in [2.05, 4.69) is 13.5 Å². The molecule has 0 unspecified atom stereocenters. The number of nitrogens with zero attached hydrogens (tertiary/aromatic N) is 1. The van der Waals surface area contributed by atoms with E-state index in [0.717, 1.165) is 31.2 Å². The Morgan fingerprint density at radius 2 is 2.10 bits per heavy atom. The summed E-state index contributed by atoms with van der Waals surface area (Å²) >= 11 is 0. The van der Waals surface area contributed by atoms with Crippen molar-refractivity contribution in [3.8, 4) is 0 Å². The van der Waals surface area contributed by atoms with Crippen molar-refractivity contribution in [1.82, 2.24) is 4.90 Å². The normalized spacial score (nSPS) is 23.9. The minimum atomic E-state index is -0.252. The zero-order valence-electron chi connectivity index (χ0n) is 12.7. The van der Waals surface area contributed by atoms with Crippen LogP contribution in [0.15, 0.2) is 43.0 Å². The summed E-state index contributed by atoms with van der Waals surface area (Å²) in [7, 11) is 0. The van der Waals surface area contributed by atoms with Crippen molar-refractivity contribution in [2.45, 2.75) is 44.7 Å². The van der Waals surface area contributed by atoms with Crippen LogP contribution in [-0.4, -0.2) is 28.6 Å². The van der Waals surface area contributed by atoms with Gasteiger partial charge in [-0.1, -0.05) is 43.3 Å². The van der Waals surface area contributed by atoms with Crippen molar-refractivity contribution >= 4 is 5.91 Å². The van der Waals surface area contributed by atoms with E-state index < -0.39 is 0 Å². The fourth-order valence-corrected chi connectivity index (χ4v) is 3.29. The van der Waals surface area contributed by atoms with Gasteiger partial charge in [0.15, 0.2) is 0 Å². The molecule has 0 bridgehead atoms. The monoisotopic (exact) mass is 287 g/mol. The Hall–Kier alpha value is -1.61. The summed E-state index contributed by atoms with van der Waals surface area (Å²) in [6.45, 7) is 5.83. The first-order valence-electron chi connectivity index (χ1n) is 7.81. The Labute approximate surface area is 127 Å². The van der Waals surface area contributed by atoms with Crippen LogP contribution in [0.1, 0.15) is 44.2 Å². The molecule has 2 rings (SSSR count). The first-order valence-corrected chi connectivity index (χ1v) is 7.81. The quantitative estimate of drug-likeness (QED) is 0.815. The number of benzene rings is 1. The summed E-state index contributed by atoms with van der Waals surface area (Å²) in [4.78, 5) is 14.7. The lowest BCUT2D eigenvalue weighted by molar-refractivity contribution is -0.146. The number of amides is 1. The predicted octanol–water partition coefficient (Wildman–Crippen LogP) is 3.31. The van der Waals surface area contributed by atoms with Crippen LogP contribution in [0.5, 0.6) is 0 Å². The first kappa shape index (κ1) is 15.8. The molecule has 21 heavy (non-hydrogen) atoms. The van der Waals surface area contributed by atoms with Gasteiger partial charge in [0.2, 0.25) is 5.91 Å². The van der Waals surface area contributed by atoms with Crippen LogP contribution in [-0.2, 0) is 4.79 Å². The van der Waals surface area contributed by atoms with Gasteiger partial charge >= 0.3 is 0 Å². The standard InChI is InChI=1S/C18H25NO2/c1-3-8-16-12-11-14(4-2)18(21)19(16)17(13-20)15-9-6-5-7-10-15/h3,5-7,9-10,14,16-17,20H,1,4,8,11-13H2,2H3/t14-,16+,17-/m1/s1. The molecule has 0 aliphatic carbocycles. The van der Waals surface area contributed by atoms with E-state index in [1.165, 1.54) is 0 Å². The highest BCUT2D eigenvalue weighted by atomic mass is 16.3. The smallest absolute Gasteiger partial charge is 0.226 e. The first-order chi connectivity index (χ1) is 10.2. The zero-order chi connectivity index (χ0) is 15.2. The number of aliphatic hydroxyl groups excluding tert-OH is 1. The van der Waals surface area contributed by atoms with Gasteiger partial charge < -0.3 is 10.0 Å². The van der Waals surface area contributed by atoms with Gasteiger partial charge in [0.25, 0.3) is 0 Å². The molecule has 1 aromatic rings. The predicted molar refractivity (Wildman–Crippen MR) is 84.7 cm³/mol. The van der Waals surface area contributed by atoms with E-state index >= 15 is 0 Å². The maximum Gasteiger partial charge on any atom is 0.226 e. The van der Waals surface area contributed by atoms with Gasteiger partial charge in [0, 0.05) is 12.0 Å². The molecule has 3 heteroatoms. The molecule has 0 radical (unpaired) electrons. The van der Waals surface area contributed by atoms with Gasteiger partial charge in [-0.05, 0) is 31.2 Å². The molecular formula is C18H25NO2. The Kier molecular flexibility index (Phi) is 5.57. The fourth-order valence-electron chi connectivity index (χ4n) is 3.29. The summed E-state index contributed by atoms with van der Waals surface area (Å²) in [5.74, 6) is 0.266. The lowest BCUT2D eigenvalue weighted by Crippen LogP contribution is -2.50. The second-order valence-corrected chi connectivity index (χ2v) is 5.72. The number of aliphatic hydroxyl groups is 1. The second kappa shape index (κ2) is 7.41. The van der Waals surface area contributed by atoms with Crippen LogP contribution in [0, 0.1) is 5.92 Å². The Bertz CT molecular complexity index is 471. The highest BCUT2D eigenvalue weighted by Crippen LogP contribution is 2.34. The van der Waals surface area contributed by atoms with E-state index in [1.807, 2.05) is 41.3 Å². The van der Waals surface area contributed by atoms with Crippen LogP contribution in [0.25, 0.3) is 0 Å². The molecule has 1 saturated heterocycles. The van der Waals surface area contributed by atoms with E-state index in [0.29, 0.717) is 0 Å². The summed E-state index contributed by atoms with van der Waals surface area (Å²) in [6.07, 6.45) is 5.45. The van der Waals surface area contributed by atoms with E-state index in [9.17, 15) is 9.90 Å². The van der Waals surface area contributed by atoms with Crippen molar-refractivity contribution < 1.29 is 9.90 Å². The van der Waals surface area contributed by atoms with E-state index in [4.69, 9.17) is 0 Å². The van der Waals surface area contributed by atoms with Crippen LogP contribution in [0.3, 0.4) is 0 Å². The number of piperidine rings is 1. The molecule has 1 fully saturated rings. The van der Waals surface area contributed by atoms with Crippen molar-refractivity contribution in [3.63, 3.8) is 0 Å². The van der Waals surface area contributed by atoms with Crippen LogP contribution < -0.4 is 0 Å². The summed E-state index contributed by atoms with van der Waals surface area (Å²) in [5.41, 5.74) is 0.999. The van der Waals surface area contributed by atoms with Crippen LogP contribution in [0.2, 0.25) is 0 Å². The van der Waals surface area contributed by atoms with Gasteiger partial charge in [0.1, 0.15) is 0 Å². The minimum Gasteiger partial charge on any atom is -0.394 e. The number of likely N-dealkylation sites (tertiary alicyclic amines) is 1. The topological polar surface area (TPSA) is 40.5 Å². The molecule has 1 heterocycles. The highest BCUT2D eigenvalue weighted by Gasteiger charge is 2.38. The minimum absolute atomic E-state index is 0.0418. The molecule has 0 spiro atoms. The SMILES string of the molecule is C=CC[C@H]1CC[C@@H](CC)C(=O)N1[C@H](CO)c1ccccc1. The number of carbonyl (C=O) groups is 1. The summed E-state index contributed by atoms with van der Waals surface area (Å²) in [5, 5.41) is 9.87. The van der Waals surface area contributed by atoms with E-state index in [-0.39, 0.29) is 30.5 Å². The average Bonchev–Trinajstić information content (AvgIpc) is 2.52. The molecule has 114 valence electrons. The maximum absolute atomic E-state index is 12.8. The number of carbonyl (C=O) groups excluding carboxylic acids is 1. The molecule has 1 aliphatic heterocycles. The third-order valence-electron chi connectivity index (χ3n) is 4.47. The van der Waals surface area contributed by atoms with Gasteiger partial charge in [-0.25, -0.2) is 0 Å². The molecule has 1 aromatic carbocycles. The molecule has 1 N–H and O–H groups in total. The van der Waals surface area contributed by atoms with Crippen molar-refractivity contribution in [3.05, 3.63) is 48.6 Å². The van der Waals surface area contributed by atoms with E-state index in [1.54, 1.807) is 0 Å². The van der Waals surface area contributed by atoms with Gasteiger partial charge in [-0.2, -0.15) is 0 Å². The molecular weight excluding hydrogens is 262 g/mol. The number of rotatable bonds is 6. The van der Waals surface area contributed by atoms with Crippen molar-refractivity contribution in [1.29, 1.82) is 0 Å².